The van der Waals surface area contributed by atoms with Gasteiger partial charge in [-0.25, -0.2) is 9.97 Å². The lowest BCUT2D eigenvalue weighted by molar-refractivity contribution is 0.736. The van der Waals surface area contributed by atoms with Crippen LogP contribution in [-0.2, 0) is 0 Å². The first-order chi connectivity index (χ1) is 10.5. The first kappa shape index (κ1) is 25.2. The van der Waals surface area contributed by atoms with Gasteiger partial charge in [0.15, 0.2) is 0 Å². The van der Waals surface area contributed by atoms with Gasteiger partial charge in [-0.3, -0.25) is 4.98 Å². The van der Waals surface area contributed by atoms with Crippen molar-refractivity contribution < 1.29 is 0 Å². The standard InChI is InChI=1S/C5H5N.C4H4N2.2C4H10.C2H6/c1-2-4-6-5-3-1;1-2-5-4-6-3-1;2*1-4(2)3;1-2/h1-5H;1-4H;2*4H,1-3H3;1-2H3. The maximum atomic E-state index is 3.78. The van der Waals surface area contributed by atoms with E-state index >= 15 is 0 Å². The highest BCUT2D eigenvalue weighted by Crippen LogP contribution is 1.81. The average Bonchev–Trinajstić information content (AvgIpc) is 2.52. The monoisotopic (exact) mass is 305 g/mol. The molecule has 0 fully saturated rings. The number of hydrogen-bond acceptors (Lipinski definition) is 3. The van der Waals surface area contributed by atoms with Crippen LogP contribution in [0, 0.1) is 11.8 Å². The van der Waals surface area contributed by atoms with Gasteiger partial charge in [0.1, 0.15) is 6.33 Å². The van der Waals surface area contributed by atoms with Crippen molar-refractivity contribution in [1.29, 1.82) is 0 Å². The van der Waals surface area contributed by atoms with Crippen LogP contribution in [0.3, 0.4) is 0 Å². The summed E-state index contributed by atoms with van der Waals surface area (Å²) in [6.07, 6.45) is 8.38. The van der Waals surface area contributed by atoms with Gasteiger partial charge < -0.3 is 0 Å². The van der Waals surface area contributed by atoms with E-state index in [1.807, 2.05) is 32.0 Å². The molecule has 0 aromatic carbocycles. The van der Waals surface area contributed by atoms with Crippen LogP contribution in [0.4, 0.5) is 0 Å². The minimum Gasteiger partial charge on any atom is -0.265 e. The molecule has 0 N–H and O–H groups in total. The Morgan fingerprint density at radius 3 is 0.909 bits per heavy atom. The summed E-state index contributed by atoms with van der Waals surface area (Å²) < 4.78 is 0. The van der Waals surface area contributed by atoms with Crippen molar-refractivity contribution in [3.8, 4) is 0 Å². The summed E-state index contributed by atoms with van der Waals surface area (Å²) in [6.45, 7) is 17.0. The van der Waals surface area contributed by atoms with E-state index in [-0.39, 0.29) is 0 Å². The van der Waals surface area contributed by atoms with Crippen molar-refractivity contribution in [1.82, 2.24) is 15.0 Å². The first-order valence-electron chi connectivity index (χ1n) is 8.01. The lowest BCUT2D eigenvalue weighted by atomic mass is 10.3. The number of rotatable bonds is 0. The van der Waals surface area contributed by atoms with Crippen LogP contribution >= 0.6 is 0 Å². The van der Waals surface area contributed by atoms with Crippen LogP contribution < -0.4 is 0 Å². The minimum atomic E-state index is 0.833. The van der Waals surface area contributed by atoms with Crippen molar-refractivity contribution >= 4 is 0 Å². The van der Waals surface area contributed by atoms with Crippen molar-refractivity contribution in [3.05, 3.63) is 55.4 Å². The molecule has 0 aliphatic heterocycles. The molecular weight excluding hydrogens is 270 g/mol. The number of nitrogens with zero attached hydrogens (tertiary/aromatic N) is 3. The molecule has 0 unspecified atom stereocenters. The fourth-order valence-electron chi connectivity index (χ4n) is 0.566. The highest BCUT2D eigenvalue weighted by Gasteiger charge is 1.68. The molecule has 0 aliphatic rings. The third-order valence-electron chi connectivity index (χ3n) is 1.04. The maximum Gasteiger partial charge on any atom is 0.115 e. The molecule has 3 heteroatoms. The van der Waals surface area contributed by atoms with Crippen molar-refractivity contribution in [3.63, 3.8) is 0 Å². The predicted molar refractivity (Wildman–Crippen MR) is 98.6 cm³/mol. The maximum absolute atomic E-state index is 3.78. The Morgan fingerprint density at radius 2 is 0.818 bits per heavy atom. The summed E-state index contributed by atoms with van der Waals surface area (Å²) in [6, 6.07) is 7.49. The van der Waals surface area contributed by atoms with E-state index in [2.05, 4.69) is 56.5 Å². The summed E-state index contributed by atoms with van der Waals surface area (Å²) in [5.74, 6) is 1.67. The van der Waals surface area contributed by atoms with Gasteiger partial charge in [0.2, 0.25) is 0 Å². The first-order valence-corrected chi connectivity index (χ1v) is 8.01. The molecule has 0 amide bonds. The Kier molecular flexibility index (Phi) is 27.8. The molecule has 22 heavy (non-hydrogen) atoms. The SMILES string of the molecule is CC.CC(C)C.CC(C)C.c1ccncc1.c1cncnc1. The molecule has 0 bridgehead atoms. The second kappa shape index (κ2) is 24.3. The zero-order valence-corrected chi connectivity index (χ0v) is 15.7. The lowest BCUT2D eigenvalue weighted by Gasteiger charge is -1.79. The summed E-state index contributed by atoms with van der Waals surface area (Å²) in [7, 11) is 0. The van der Waals surface area contributed by atoms with Crippen LogP contribution in [-0.4, -0.2) is 15.0 Å². The van der Waals surface area contributed by atoms with E-state index in [0.717, 1.165) is 11.8 Å². The van der Waals surface area contributed by atoms with Gasteiger partial charge in [0, 0.05) is 24.8 Å². The molecule has 0 atom stereocenters. The van der Waals surface area contributed by atoms with Crippen LogP contribution in [0.25, 0.3) is 0 Å². The lowest BCUT2D eigenvalue weighted by Crippen LogP contribution is -1.66. The average molecular weight is 306 g/mol. The molecule has 126 valence electrons. The Morgan fingerprint density at radius 1 is 0.500 bits per heavy atom. The van der Waals surface area contributed by atoms with E-state index in [4.69, 9.17) is 0 Å². The zero-order valence-electron chi connectivity index (χ0n) is 15.7. The van der Waals surface area contributed by atoms with Gasteiger partial charge in [0.25, 0.3) is 0 Å². The zero-order chi connectivity index (χ0) is 17.6. The second-order valence-corrected chi connectivity index (χ2v) is 5.39. The summed E-state index contributed by atoms with van der Waals surface area (Å²) in [5.41, 5.74) is 0. The molecule has 0 saturated carbocycles. The molecule has 3 nitrogen and oxygen atoms in total. The van der Waals surface area contributed by atoms with Gasteiger partial charge >= 0.3 is 0 Å². The van der Waals surface area contributed by atoms with Gasteiger partial charge in [-0.2, -0.15) is 0 Å². The summed E-state index contributed by atoms with van der Waals surface area (Å²) in [5, 5.41) is 0. The van der Waals surface area contributed by atoms with E-state index in [9.17, 15) is 0 Å². The van der Waals surface area contributed by atoms with Gasteiger partial charge in [-0.1, -0.05) is 61.5 Å². The number of aromatic nitrogens is 3. The van der Waals surface area contributed by atoms with E-state index in [1.165, 1.54) is 6.33 Å². The number of hydrogen-bond donors (Lipinski definition) is 0. The second-order valence-electron chi connectivity index (χ2n) is 5.39. The minimum absolute atomic E-state index is 0.833. The molecular formula is C19H35N3. The topological polar surface area (TPSA) is 38.7 Å². The van der Waals surface area contributed by atoms with Crippen LogP contribution in [0.2, 0.25) is 0 Å². The molecule has 0 saturated heterocycles. The summed E-state index contributed by atoms with van der Waals surface area (Å²) in [4.78, 5) is 11.1. The highest BCUT2D eigenvalue weighted by atomic mass is 14.8. The van der Waals surface area contributed by atoms with Crippen molar-refractivity contribution in [2.45, 2.75) is 55.4 Å². The largest absolute Gasteiger partial charge is 0.265 e. The Hall–Kier alpha value is -1.77. The van der Waals surface area contributed by atoms with Crippen LogP contribution in [0.5, 0.6) is 0 Å². The molecule has 2 aromatic heterocycles. The molecule has 0 radical (unpaired) electrons. The van der Waals surface area contributed by atoms with E-state index in [0.29, 0.717) is 0 Å². The third kappa shape index (κ3) is 51.7. The smallest absolute Gasteiger partial charge is 0.115 e. The molecule has 0 spiro atoms. The van der Waals surface area contributed by atoms with Crippen molar-refractivity contribution in [2.75, 3.05) is 0 Å². The number of pyridine rings is 1. The summed E-state index contributed by atoms with van der Waals surface area (Å²) >= 11 is 0. The van der Waals surface area contributed by atoms with Crippen LogP contribution in [0.1, 0.15) is 55.4 Å². The Bertz CT molecular complexity index is 251. The fourth-order valence-corrected chi connectivity index (χ4v) is 0.566. The van der Waals surface area contributed by atoms with Crippen LogP contribution in [0.15, 0.2) is 55.4 Å². The third-order valence-corrected chi connectivity index (χ3v) is 1.04. The quantitative estimate of drug-likeness (QED) is 0.607. The molecule has 2 aromatic rings. The molecule has 2 heterocycles. The molecule has 0 aliphatic carbocycles. The fraction of sp³-hybridized carbons (Fsp3) is 0.526. The Balaban J connectivity index is -0.000000215. The van der Waals surface area contributed by atoms with E-state index in [1.54, 1.807) is 30.9 Å². The Labute approximate surface area is 138 Å². The highest BCUT2D eigenvalue weighted by molar-refractivity contribution is 4.88. The van der Waals surface area contributed by atoms with Gasteiger partial charge in [0.05, 0.1) is 0 Å². The van der Waals surface area contributed by atoms with E-state index < -0.39 is 0 Å². The van der Waals surface area contributed by atoms with Gasteiger partial charge in [-0.15, -0.1) is 0 Å². The van der Waals surface area contributed by atoms with Crippen molar-refractivity contribution in [2.24, 2.45) is 11.8 Å². The van der Waals surface area contributed by atoms with Gasteiger partial charge in [-0.05, 0) is 30.0 Å². The molecule has 2 rings (SSSR count). The predicted octanol–water partition coefficient (Wildman–Crippen LogP) is 5.91. The normalized spacial score (nSPS) is 7.91.